The number of hydrogen-bond donors (Lipinski definition) is 0. The monoisotopic (exact) mass is 332 g/mol. The molecule has 0 saturated heterocycles. The first-order chi connectivity index (χ1) is 9.59. The van der Waals surface area contributed by atoms with E-state index in [-0.39, 0.29) is 5.69 Å². The Morgan fingerprint density at radius 2 is 2.05 bits per heavy atom. The average molecular weight is 333 g/mol. The summed E-state index contributed by atoms with van der Waals surface area (Å²) >= 11 is 3.34. The fraction of sp³-hybridized carbons (Fsp3) is 0.0769. The minimum absolute atomic E-state index is 0.0642. The second-order valence-electron chi connectivity index (χ2n) is 4.23. The van der Waals surface area contributed by atoms with E-state index in [1.165, 1.54) is 12.4 Å². The van der Waals surface area contributed by atoms with Crippen LogP contribution in [0.1, 0.15) is 5.82 Å². The number of nitrogens with zero attached hydrogens (tertiary/aromatic N) is 4. The highest BCUT2D eigenvalue weighted by atomic mass is 79.9. The molecule has 20 heavy (non-hydrogen) atoms. The quantitative estimate of drug-likeness (QED) is 0.532. The number of fused-ring (bicyclic) bond motifs is 1. The Morgan fingerprint density at radius 1 is 1.30 bits per heavy atom. The highest BCUT2D eigenvalue weighted by Gasteiger charge is 2.22. The van der Waals surface area contributed by atoms with Crippen molar-refractivity contribution < 1.29 is 4.92 Å². The van der Waals surface area contributed by atoms with Crippen molar-refractivity contribution in [2.24, 2.45) is 0 Å². The van der Waals surface area contributed by atoms with Crippen LogP contribution in [0.2, 0.25) is 0 Å². The molecule has 3 rings (SSSR count). The van der Waals surface area contributed by atoms with E-state index in [1.807, 2.05) is 31.2 Å². The fourth-order valence-corrected chi connectivity index (χ4v) is 2.70. The van der Waals surface area contributed by atoms with E-state index in [0.717, 1.165) is 11.0 Å². The summed E-state index contributed by atoms with van der Waals surface area (Å²) in [5.41, 5.74) is 1.99. The smallest absolute Gasteiger partial charge is 0.289 e. The predicted octanol–water partition coefficient (Wildman–Crippen LogP) is 3.40. The van der Waals surface area contributed by atoms with E-state index in [4.69, 9.17) is 0 Å². The van der Waals surface area contributed by atoms with Crippen LogP contribution in [0.3, 0.4) is 0 Å². The minimum atomic E-state index is -0.443. The van der Waals surface area contributed by atoms with Gasteiger partial charge in [0.25, 0.3) is 0 Å². The molecular formula is C13H9BrN4O2. The van der Waals surface area contributed by atoms with Gasteiger partial charge in [-0.25, -0.2) is 4.98 Å². The maximum atomic E-state index is 11.2. The SMILES string of the molecule is Cc1nc2ccccc2n1-c1c(Br)cncc1[N+](=O)[O-]. The first-order valence-electron chi connectivity index (χ1n) is 5.82. The third-order valence-electron chi connectivity index (χ3n) is 3.00. The van der Waals surface area contributed by atoms with E-state index < -0.39 is 4.92 Å². The molecule has 0 amide bonds. The van der Waals surface area contributed by atoms with Gasteiger partial charge >= 0.3 is 5.69 Å². The van der Waals surface area contributed by atoms with Gasteiger partial charge < -0.3 is 0 Å². The Labute approximate surface area is 122 Å². The van der Waals surface area contributed by atoms with Crippen molar-refractivity contribution in [3.8, 4) is 5.69 Å². The molecule has 0 bridgehead atoms. The van der Waals surface area contributed by atoms with Crippen LogP contribution in [0.15, 0.2) is 41.1 Å². The van der Waals surface area contributed by atoms with Crippen molar-refractivity contribution >= 4 is 32.7 Å². The molecule has 0 aliphatic carbocycles. The van der Waals surface area contributed by atoms with E-state index in [2.05, 4.69) is 25.9 Å². The van der Waals surface area contributed by atoms with Gasteiger partial charge in [0.15, 0.2) is 0 Å². The van der Waals surface area contributed by atoms with Crippen molar-refractivity contribution in [2.75, 3.05) is 0 Å². The summed E-state index contributed by atoms with van der Waals surface area (Å²) in [5.74, 6) is 0.682. The van der Waals surface area contributed by atoms with Gasteiger partial charge in [-0.2, -0.15) is 0 Å². The Bertz CT molecular complexity index is 828. The van der Waals surface area contributed by atoms with Gasteiger partial charge in [-0.05, 0) is 35.0 Å². The number of benzene rings is 1. The van der Waals surface area contributed by atoms with Gasteiger partial charge in [0.05, 0.1) is 20.4 Å². The van der Waals surface area contributed by atoms with Crippen molar-refractivity contribution in [3.05, 3.63) is 57.1 Å². The van der Waals surface area contributed by atoms with Gasteiger partial charge in [0, 0.05) is 6.20 Å². The summed E-state index contributed by atoms with van der Waals surface area (Å²) in [4.78, 5) is 19.1. The fourth-order valence-electron chi connectivity index (χ4n) is 2.20. The summed E-state index contributed by atoms with van der Waals surface area (Å²) in [6.45, 7) is 1.82. The van der Waals surface area contributed by atoms with Gasteiger partial charge in [-0.1, -0.05) is 12.1 Å². The van der Waals surface area contributed by atoms with Crippen LogP contribution in [0, 0.1) is 17.0 Å². The number of pyridine rings is 1. The van der Waals surface area contributed by atoms with Crippen LogP contribution < -0.4 is 0 Å². The normalized spacial score (nSPS) is 10.9. The summed E-state index contributed by atoms with van der Waals surface area (Å²) in [6.07, 6.45) is 2.78. The van der Waals surface area contributed by atoms with Crippen molar-refractivity contribution in [2.45, 2.75) is 6.92 Å². The lowest BCUT2D eigenvalue weighted by atomic mass is 10.3. The zero-order valence-electron chi connectivity index (χ0n) is 10.4. The number of rotatable bonds is 2. The van der Waals surface area contributed by atoms with E-state index in [1.54, 1.807) is 4.57 Å². The van der Waals surface area contributed by atoms with Crippen LogP contribution in [-0.2, 0) is 0 Å². The summed E-state index contributed by atoms with van der Waals surface area (Å²) in [7, 11) is 0. The molecule has 0 radical (unpaired) electrons. The van der Waals surface area contributed by atoms with Gasteiger partial charge in [0.2, 0.25) is 0 Å². The number of aryl methyl sites for hydroxylation is 1. The first-order valence-corrected chi connectivity index (χ1v) is 6.61. The third-order valence-corrected chi connectivity index (χ3v) is 3.58. The molecule has 0 aliphatic heterocycles. The highest BCUT2D eigenvalue weighted by molar-refractivity contribution is 9.10. The van der Waals surface area contributed by atoms with Gasteiger partial charge in [-0.3, -0.25) is 19.7 Å². The molecule has 0 atom stereocenters. The van der Waals surface area contributed by atoms with Crippen LogP contribution in [0.5, 0.6) is 0 Å². The standard InChI is InChI=1S/C13H9BrN4O2/c1-8-16-10-4-2-3-5-11(10)17(8)13-9(14)6-15-7-12(13)18(19)20/h2-7H,1H3. The summed E-state index contributed by atoms with van der Waals surface area (Å²) in [6, 6.07) is 7.52. The summed E-state index contributed by atoms with van der Waals surface area (Å²) < 4.78 is 2.32. The lowest BCUT2D eigenvalue weighted by Crippen LogP contribution is -2.03. The molecule has 0 fully saturated rings. The molecule has 2 heterocycles. The molecule has 7 heteroatoms. The molecule has 2 aromatic heterocycles. The first kappa shape index (κ1) is 12.7. The van der Waals surface area contributed by atoms with Crippen molar-refractivity contribution in [3.63, 3.8) is 0 Å². The third kappa shape index (κ3) is 1.87. The van der Waals surface area contributed by atoms with Gasteiger partial charge in [0.1, 0.15) is 17.7 Å². The molecule has 6 nitrogen and oxygen atoms in total. The Kier molecular flexibility index (Phi) is 2.98. The predicted molar refractivity (Wildman–Crippen MR) is 78.0 cm³/mol. The van der Waals surface area contributed by atoms with Gasteiger partial charge in [-0.15, -0.1) is 0 Å². The Balaban J connectivity index is 2.42. The zero-order chi connectivity index (χ0) is 14.3. The van der Waals surface area contributed by atoms with Crippen molar-refractivity contribution in [1.82, 2.24) is 14.5 Å². The Morgan fingerprint density at radius 3 is 2.80 bits per heavy atom. The van der Waals surface area contributed by atoms with E-state index >= 15 is 0 Å². The van der Waals surface area contributed by atoms with E-state index in [9.17, 15) is 10.1 Å². The van der Waals surface area contributed by atoms with Crippen LogP contribution in [-0.4, -0.2) is 19.5 Å². The molecule has 100 valence electrons. The van der Waals surface area contributed by atoms with Crippen molar-refractivity contribution in [1.29, 1.82) is 0 Å². The number of nitro groups is 1. The maximum Gasteiger partial charge on any atom is 0.312 e. The number of imidazole rings is 1. The molecule has 0 unspecified atom stereocenters. The van der Waals surface area contributed by atoms with E-state index in [0.29, 0.717) is 16.0 Å². The second kappa shape index (κ2) is 4.68. The lowest BCUT2D eigenvalue weighted by Gasteiger charge is -2.09. The molecular weight excluding hydrogens is 324 g/mol. The van der Waals surface area contributed by atoms with Crippen LogP contribution in [0.4, 0.5) is 5.69 Å². The molecule has 1 aromatic carbocycles. The molecule has 3 aromatic rings. The Hall–Kier alpha value is -2.28. The lowest BCUT2D eigenvalue weighted by molar-refractivity contribution is -0.384. The topological polar surface area (TPSA) is 73.8 Å². The highest BCUT2D eigenvalue weighted by Crippen LogP contribution is 2.33. The molecule has 0 saturated carbocycles. The summed E-state index contributed by atoms with van der Waals surface area (Å²) in [5, 5.41) is 11.2. The number of aromatic nitrogens is 3. The number of hydrogen-bond acceptors (Lipinski definition) is 4. The molecule has 0 N–H and O–H groups in total. The largest absolute Gasteiger partial charge is 0.312 e. The maximum absolute atomic E-state index is 11.2. The van der Waals surface area contributed by atoms with Crippen LogP contribution in [0.25, 0.3) is 16.7 Å². The van der Waals surface area contributed by atoms with Crippen LogP contribution >= 0.6 is 15.9 Å². The average Bonchev–Trinajstić information content (AvgIpc) is 2.74. The zero-order valence-corrected chi connectivity index (χ0v) is 12.0. The molecule has 0 spiro atoms. The minimum Gasteiger partial charge on any atom is -0.289 e. The second-order valence-corrected chi connectivity index (χ2v) is 5.08. The number of para-hydroxylation sites is 2. The number of halogens is 1. The molecule has 0 aliphatic rings.